The van der Waals surface area contributed by atoms with Gasteiger partial charge in [-0.05, 0) is 30.3 Å². The summed E-state index contributed by atoms with van der Waals surface area (Å²) in [6.45, 7) is 0. The summed E-state index contributed by atoms with van der Waals surface area (Å²) in [6, 6.07) is 10.7. The first-order valence-electron chi connectivity index (χ1n) is 5.46. The van der Waals surface area contributed by atoms with Gasteiger partial charge in [-0.25, -0.2) is 4.98 Å². The number of hydrogen-bond donors (Lipinski definition) is 1. The fraction of sp³-hybridized carbons (Fsp3) is 0. The lowest BCUT2D eigenvalue weighted by atomic mass is 10.2. The van der Waals surface area contributed by atoms with Gasteiger partial charge in [-0.15, -0.1) is 0 Å². The summed E-state index contributed by atoms with van der Waals surface area (Å²) < 4.78 is 1.75. The predicted molar refractivity (Wildman–Crippen MR) is 80.5 cm³/mol. The zero-order chi connectivity index (χ0) is 13.6. The summed E-state index contributed by atoms with van der Waals surface area (Å²) in [5.74, 6) is 0.335. The Morgan fingerprint density at radius 1 is 1.05 bits per heavy atom. The second kappa shape index (κ2) is 4.60. The summed E-state index contributed by atoms with van der Waals surface area (Å²) in [4.78, 5) is 4.28. The Morgan fingerprint density at radius 2 is 1.84 bits per heavy atom. The van der Waals surface area contributed by atoms with E-state index in [1.165, 1.54) is 0 Å². The molecule has 19 heavy (non-hydrogen) atoms. The number of hydrogen-bond acceptors (Lipinski definition) is 2. The molecule has 3 rings (SSSR count). The molecule has 0 bridgehead atoms. The Hall–Kier alpha value is -1.42. The molecule has 0 fully saturated rings. The fourth-order valence-electron chi connectivity index (χ4n) is 1.99. The number of nitrogens with two attached hydrogens (primary N) is 1. The molecule has 2 aromatic carbocycles. The van der Waals surface area contributed by atoms with Crippen molar-refractivity contribution in [1.82, 2.24) is 9.55 Å². The number of fused-ring (bicyclic) bond motifs is 1. The van der Waals surface area contributed by atoms with E-state index in [1.54, 1.807) is 22.8 Å². The number of nitrogen functional groups attached to an aromatic ring is 1. The van der Waals surface area contributed by atoms with Gasteiger partial charge in [-0.2, -0.15) is 0 Å². The molecule has 0 saturated carbocycles. The van der Waals surface area contributed by atoms with Gasteiger partial charge in [0.15, 0.2) is 0 Å². The van der Waals surface area contributed by atoms with E-state index in [9.17, 15) is 0 Å². The van der Waals surface area contributed by atoms with Crippen molar-refractivity contribution in [3.8, 4) is 5.69 Å². The molecule has 1 heterocycles. The Morgan fingerprint density at radius 3 is 2.63 bits per heavy atom. The highest BCUT2D eigenvalue weighted by atomic mass is 35.5. The molecule has 0 spiro atoms. The second-order valence-corrected chi connectivity index (χ2v) is 5.23. The molecule has 0 aliphatic carbocycles. The molecule has 0 atom stereocenters. The van der Waals surface area contributed by atoms with Gasteiger partial charge < -0.3 is 5.73 Å². The van der Waals surface area contributed by atoms with Crippen molar-refractivity contribution in [1.29, 1.82) is 0 Å². The van der Waals surface area contributed by atoms with E-state index in [1.807, 2.05) is 18.2 Å². The van der Waals surface area contributed by atoms with E-state index in [2.05, 4.69) is 4.98 Å². The molecule has 0 aliphatic heterocycles. The van der Waals surface area contributed by atoms with Crippen LogP contribution >= 0.6 is 34.8 Å². The summed E-state index contributed by atoms with van der Waals surface area (Å²) in [5.41, 5.74) is 8.19. The zero-order valence-electron chi connectivity index (χ0n) is 9.57. The van der Waals surface area contributed by atoms with Gasteiger partial charge in [0.1, 0.15) is 0 Å². The largest absolute Gasteiger partial charge is 0.369 e. The van der Waals surface area contributed by atoms with Crippen molar-refractivity contribution in [2.75, 3.05) is 5.73 Å². The third-order valence-corrected chi connectivity index (χ3v) is 3.86. The fourth-order valence-corrected chi connectivity index (χ4v) is 2.54. The number of halogens is 3. The van der Waals surface area contributed by atoms with Gasteiger partial charge in [0.25, 0.3) is 0 Å². The third kappa shape index (κ3) is 2.04. The number of benzene rings is 2. The predicted octanol–water partition coefficient (Wildman–Crippen LogP) is 4.57. The molecular formula is C13H8Cl3N3. The first-order valence-corrected chi connectivity index (χ1v) is 6.59. The first-order chi connectivity index (χ1) is 9.08. The molecule has 1 aromatic heterocycles. The molecule has 3 aromatic rings. The second-order valence-electron chi connectivity index (χ2n) is 4.01. The Labute approximate surface area is 124 Å². The number of imidazole rings is 1. The van der Waals surface area contributed by atoms with Crippen molar-refractivity contribution in [3.05, 3.63) is 51.5 Å². The van der Waals surface area contributed by atoms with Crippen LogP contribution in [0, 0.1) is 0 Å². The van der Waals surface area contributed by atoms with E-state index in [4.69, 9.17) is 40.5 Å². The molecule has 0 aliphatic rings. The Kier molecular flexibility index (Phi) is 3.05. The van der Waals surface area contributed by atoms with Crippen LogP contribution in [0.1, 0.15) is 0 Å². The molecular weight excluding hydrogens is 305 g/mol. The quantitative estimate of drug-likeness (QED) is 0.715. The summed E-state index contributed by atoms with van der Waals surface area (Å²) >= 11 is 18.2. The SMILES string of the molecule is Nc1nc2cc(Cl)ccc2n1-c1cccc(Cl)c1Cl. The lowest BCUT2D eigenvalue weighted by Gasteiger charge is -2.09. The van der Waals surface area contributed by atoms with E-state index >= 15 is 0 Å². The molecule has 6 heteroatoms. The molecule has 96 valence electrons. The van der Waals surface area contributed by atoms with Crippen LogP contribution < -0.4 is 5.73 Å². The Balaban J connectivity index is 2.36. The number of nitrogens with zero attached hydrogens (tertiary/aromatic N) is 2. The van der Waals surface area contributed by atoms with Crippen molar-refractivity contribution in [2.45, 2.75) is 0 Å². The van der Waals surface area contributed by atoms with Crippen LogP contribution in [0.25, 0.3) is 16.7 Å². The average Bonchev–Trinajstić information content (AvgIpc) is 2.68. The monoisotopic (exact) mass is 311 g/mol. The van der Waals surface area contributed by atoms with Crippen LogP contribution in [-0.4, -0.2) is 9.55 Å². The molecule has 0 saturated heterocycles. The third-order valence-electron chi connectivity index (χ3n) is 2.81. The number of anilines is 1. The smallest absolute Gasteiger partial charge is 0.205 e. The zero-order valence-corrected chi connectivity index (χ0v) is 11.8. The Bertz CT molecular complexity index is 780. The van der Waals surface area contributed by atoms with Crippen LogP contribution in [0.4, 0.5) is 5.95 Å². The van der Waals surface area contributed by atoms with Crippen molar-refractivity contribution in [3.63, 3.8) is 0 Å². The first kappa shape index (κ1) is 12.6. The highest BCUT2D eigenvalue weighted by Crippen LogP contribution is 2.33. The standard InChI is InChI=1S/C13H8Cl3N3/c14-7-4-5-10-9(6-7)18-13(17)19(10)11-3-1-2-8(15)12(11)16/h1-6H,(H2,17,18). The van der Waals surface area contributed by atoms with E-state index in [-0.39, 0.29) is 0 Å². The summed E-state index contributed by atoms with van der Waals surface area (Å²) in [6.07, 6.45) is 0. The van der Waals surface area contributed by atoms with Crippen LogP contribution in [0.2, 0.25) is 15.1 Å². The minimum atomic E-state index is 0.335. The van der Waals surface area contributed by atoms with Crippen molar-refractivity contribution in [2.24, 2.45) is 0 Å². The maximum atomic E-state index is 6.23. The van der Waals surface area contributed by atoms with Gasteiger partial charge in [0, 0.05) is 5.02 Å². The molecule has 0 radical (unpaired) electrons. The maximum absolute atomic E-state index is 6.23. The van der Waals surface area contributed by atoms with Crippen molar-refractivity contribution >= 4 is 51.8 Å². The number of rotatable bonds is 1. The average molecular weight is 313 g/mol. The lowest BCUT2D eigenvalue weighted by molar-refractivity contribution is 1.11. The minimum Gasteiger partial charge on any atom is -0.369 e. The lowest BCUT2D eigenvalue weighted by Crippen LogP contribution is -2.01. The molecule has 0 amide bonds. The minimum absolute atomic E-state index is 0.335. The van der Waals surface area contributed by atoms with E-state index < -0.39 is 0 Å². The normalized spacial score (nSPS) is 11.1. The van der Waals surface area contributed by atoms with E-state index in [0.717, 1.165) is 5.52 Å². The van der Waals surface area contributed by atoms with Gasteiger partial charge in [-0.1, -0.05) is 40.9 Å². The van der Waals surface area contributed by atoms with Crippen LogP contribution in [0.5, 0.6) is 0 Å². The van der Waals surface area contributed by atoms with Gasteiger partial charge in [0.05, 0.1) is 26.8 Å². The van der Waals surface area contributed by atoms with Crippen molar-refractivity contribution < 1.29 is 0 Å². The topological polar surface area (TPSA) is 43.8 Å². The van der Waals surface area contributed by atoms with Crippen LogP contribution in [0.15, 0.2) is 36.4 Å². The van der Waals surface area contributed by atoms with Gasteiger partial charge >= 0.3 is 0 Å². The molecule has 2 N–H and O–H groups in total. The summed E-state index contributed by atoms with van der Waals surface area (Å²) in [5, 5.41) is 1.51. The van der Waals surface area contributed by atoms with E-state index in [0.29, 0.717) is 32.2 Å². The van der Waals surface area contributed by atoms with Gasteiger partial charge in [-0.3, -0.25) is 4.57 Å². The maximum Gasteiger partial charge on any atom is 0.205 e. The highest BCUT2D eigenvalue weighted by molar-refractivity contribution is 6.43. The summed E-state index contributed by atoms with van der Waals surface area (Å²) in [7, 11) is 0. The van der Waals surface area contributed by atoms with Crippen LogP contribution in [0.3, 0.4) is 0 Å². The highest BCUT2D eigenvalue weighted by Gasteiger charge is 2.14. The number of aromatic nitrogens is 2. The molecule has 0 unspecified atom stereocenters. The molecule has 3 nitrogen and oxygen atoms in total. The van der Waals surface area contributed by atoms with Crippen LogP contribution in [-0.2, 0) is 0 Å². The van der Waals surface area contributed by atoms with Gasteiger partial charge in [0.2, 0.25) is 5.95 Å².